The van der Waals surface area contributed by atoms with Gasteiger partial charge in [0.15, 0.2) is 0 Å². The molecule has 100 valence electrons. The molecule has 20 heavy (non-hydrogen) atoms. The van der Waals surface area contributed by atoms with Crippen molar-refractivity contribution >= 4 is 33.9 Å². The average Bonchev–Trinajstić information content (AvgIpc) is 2.43. The number of phenolic OH excluding ortho intramolecular Hbond substituents is 1. The van der Waals surface area contributed by atoms with Gasteiger partial charge in [0.05, 0.1) is 5.52 Å². The topological polar surface area (TPSA) is 45.2 Å². The highest BCUT2D eigenvalue weighted by atomic mass is 35.5. The first-order chi connectivity index (χ1) is 9.63. The minimum absolute atomic E-state index is 0.274. The van der Waals surface area contributed by atoms with Crippen molar-refractivity contribution in [2.45, 2.75) is 6.92 Å². The summed E-state index contributed by atoms with van der Waals surface area (Å²) in [6, 6.07) is 13.0. The molecule has 3 nitrogen and oxygen atoms in total. The number of phenols is 1. The van der Waals surface area contributed by atoms with Crippen molar-refractivity contribution in [1.29, 1.82) is 0 Å². The van der Waals surface area contributed by atoms with Crippen molar-refractivity contribution in [3.63, 3.8) is 0 Å². The molecular formula is C16H13ClN2O. The molecule has 4 heteroatoms. The zero-order chi connectivity index (χ0) is 14.1. The van der Waals surface area contributed by atoms with Crippen LogP contribution in [0.1, 0.15) is 5.56 Å². The zero-order valence-electron chi connectivity index (χ0n) is 10.9. The van der Waals surface area contributed by atoms with Gasteiger partial charge >= 0.3 is 0 Å². The van der Waals surface area contributed by atoms with E-state index in [1.807, 2.05) is 43.3 Å². The van der Waals surface area contributed by atoms with Crippen LogP contribution >= 0.6 is 11.6 Å². The van der Waals surface area contributed by atoms with Gasteiger partial charge in [-0.1, -0.05) is 17.7 Å². The van der Waals surface area contributed by atoms with Crippen molar-refractivity contribution < 1.29 is 5.11 Å². The normalized spacial score (nSPS) is 10.7. The number of nitrogens with zero attached hydrogens (tertiary/aromatic N) is 1. The van der Waals surface area contributed by atoms with E-state index in [9.17, 15) is 5.11 Å². The summed E-state index contributed by atoms with van der Waals surface area (Å²) in [6.07, 6.45) is 1.73. The summed E-state index contributed by atoms with van der Waals surface area (Å²) in [7, 11) is 0. The van der Waals surface area contributed by atoms with E-state index in [2.05, 4.69) is 10.3 Å². The van der Waals surface area contributed by atoms with Crippen molar-refractivity contribution in [1.82, 2.24) is 4.98 Å². The van der Waals surface area contributed by atoms with E-state index in [0.29, 0.717) is 5.02 Å². The molecule has 0 amide bonds. The molecule has 0 aliphatic rings. The van der Waals surface area contributed by atoms with Gasteiger partial charge in [-0.25, -0.2) is 0 Å². The molecule has 1 aromatic heterocycles. The Kier molecular flexibility index (Phi) is 3.20. The van der Waals surface area contributed by atoms with Crippen molar-refractivity contribution in [3.05, 3.63) is 59.2 Å². The second-order valence-corrected chi connectivity index (χ2v) is 5.08. The van der Waals surface area contributed by atoms with E-state index in [1.54, 1.807) is 12.3 Å². The zero-order valence-corrected chi connectivity index (χ0v) is 11.6. The Morgan fingerprint density at radius 2 is 1.95 bits per heavy atom. The fourth-order valence-corrected chi connectivity index (χ4v) is 2.24. The van der Waals surface area contributed by atoms with Gasteiger partial charge in [0.25, 0.3) is 0 Å². The maximum Gasteiger partial charge on any atom is 0.120 e. The molecule has 0 atom stereocenters. The minimum atomic E-state index is 0.274. The predicted octanol–water partition coefficient (Wildman–Crippen LogP) is 4.65. The number of nitrogens with one attached hydrogen (secondary N) is 1. The van der Waals surface area contributed by atoms with Gasteiger partial charge in [0, 0.05) is 34.0 Å². The molecule has 0 spiro atoms. The monoisotopic (exact) mass is 284 g/mol. The van der Waals surface area contributed by atoms with Gasteiger partial charge < -0.3 is 10.4 Å². The second-order valence-electron chi connectivity index (χ2n) is 4.65. The number of aromatic hydroxyl groups is 1. The van der Waals surface area contributed by atoms with Crippen LogP contribution in [0, 0.1) is 6.92 Å². The molecule has 1 heterocycles. The highest BCUT2D eigenvalue weighted by Crippen LogP contribution is 2.29. The molecule has 0 radical (unpaired) electrons. The average molecular weight is 285 g/mol. The fourth-order valence-electron chi connectivity index (χ4n) is 2.07. The van der Waals surface area contributed by atoms with Gasteiger partial charge in [0.2, 0.25) is 0 Å². The fraction of sp³-hybridized carbons (Fsp3) is 0.0625. The molecule has 2 N–H and O–H groups in total. The summed E-state index contributed by atoms with van der Waals surface area (Å²) in [5.74, 6) is 0.274. The number of aromatic nitrogens is 1. The number of anilines is 2. The Labute approximate surface area is 121 Å². The molecule has 0 aliphatic heterocycles. The first-order valence-electron chi connectivity index (χ1n) is 6.24. The number of halogens is 1. The Bertz CT molecular complexity index is 787. The van der Waals surface area contributed by atoms with Crippen LogP contribution in [-0.2, 0) is 0 Å². The molecule has 0 aliphatic carbocycles. The van der Waals surface area contributed by atoms with Crippen LogP contribution in [0.25, 0.3) is 10.9 Å². The summed E-state index contributed by atoms with van der Waals surface area (Å²) in [5.41, 5.74) is 3.44. The minimum Gasteiger partial charge on any atom is -0.508 e. The molecule has 0 saturated carbocycles. The Morgan fingerprint density at radius 3 is 2.75 bits per heavy atom. The summed E-state index contributed by atoms with van der Waals surface area (Å²) in [5, 5.41) is 14.7. The van der Waals surface area contributed by atoms with Crippen molar-refractivity contribution in [3.8, 4) is 5.75 Å². The predicted molar refractivity (Wildman–Crippen MR) is 82.9 cm³/mol. The molecule has 0 bridgehead atoms. The van der Waals surface area contributed by atoms with Crippen LogP contribution in [-0.4, -0.2) is 10.1 Å². The summed E-state index contributed by atoms with van der Waals surface area (Å²) < 4.78 is 0. The molecule has 2 aromatic carbocycles. The second kappa shape index (κ2) is 5.02. The third-order valence-corrected chi connectivity index (χ3v) is 3.43. The molecule has 3 aromatic rings. The van der Waals surface area contributed by atoms with E-state index < -0.39 is 0 Å². The van der Waals surface area contributed by atoms with Gasteiger partial charge in [0.1, 0.15) is 5.75 Å². The molecule has 3 rings (SSSR count). The largest absolute Gasteiger partial charge is 0.508 e. The lowest BCUT2D eigenvalue weighted by Crippen LogP contribution is -1.93. The van der Waals surface area contributed by atoms with E-state index >= 15 is 0 Å². The number of fused-ring (bicyclic) bond motifs is 1. The Balaban J connectivity index is 2.04. The molecule has 0 unspecified atom stereocenters. The van der Waals surface area contributed by atoms with Crippen LogP contribution in [0.4, 0.5) is 11.4 Å². The van der Waals surface area contributed by atoms with Gasteiger partial charge in [-0.05, 0) is 42.8 Å². The van der Waals surface area contributed by atoms with Crippen LogP contribution < -0.4 is 5.32 Å². The lowest BCUT2D eigenvalue weighted by molar-refractivity contribution is 0.471. The van der Waals surface area contributed by atoms with Gasteiger partial charge in [-0.2, -0.15) is 0 Å². The SMILES string of the molecule is Cc1ccc(Nc2ccnc3cc(Cl)ccc23)cc1O. The number of hydrogen-bond donors (Lipinski definition) is 2. The first-order valence-corrected chi connectivity index (χ1v) is 6.62. The van der Waals surface area contributed by atoms with E-state index in [-0.39, 0.29) is 5.75 Å². The lowest BCUT2D eigenvalue weighted by atomic mass is 10.1. The number of rotatable bonds is 2. The van der Waals surface area contributed by atoms with Crippen molar-refractivity contribution in [2.75, 3.05) is 5.32 Å². The van der Waals surface area contributed by atoms with Crippen LogP contribution in [0.5, 0.6) is 5.75 Å². The Hall–Kier alpha value is -2.26. The van der Waals surface area contributed by atoms with Crippen LogP contribution in [0.3, 0.4) is 0 Å². The molecule has 0 fully saturated rings. The molecule has 0 saturated heterocycles. The van der Waals surface area contributed by atoms with E-state index in [1.165, 1.54) is 0 Å². The van der Waals surface area contributed by atoms with Gasteiger partial charge in [-0.3, -0.25) is 4.98 Å². The van der Waals surface area contributed by atoms with Crippen molar-refractivity contribution in [2.24, 2.45) is 0 Å². The summed E-state index contributed by atoms with van der Waals surface area (Å²) in [4.78, 5) is 4.30. The molecular weight excluding hydrogens is 272 g/mol. The number of aryl methyl sites for hydroxylation is 1. The highest BCUT2D eigenvalue weighted by molar-refractivity contribution is 6.31. The van der Waals surface area contributed by atoms with Gasteiger partial charge in [-0.15, -0.1) is 0 Å². The van der Waals surface area contributed by atoms with Crippen LogP contribution in [0.2, 0.25) is 5.02 Å². The summed E-state index contributed by atoms with van der Waals surface area (Å²) >= 11 is 5.98. The maximum absolute atomic E-state index is 9.76. The summed E-state index contributed by atoms with van der Waals surface area (Å²) in [6.45, 7) is 1.86. The third kappa shape index (κ3) is 2.40. The standard InChI is InChI=1S/C16H13ClN2O/c1-10-2-4-12(9-16(10)20)19-14-6-7-18-15-8-11(17)3-5-13(14)15/h2-9,20H,1H3,(H,18,19). The third-order valence-electron chi connectivity index (χ3n) is 3.19. The number of benzene rings is 2. The Morgan fingerprint density at radius 1 is 1.10 bits per heavy atom. The van der Waals surface area contributed by atoms with E-state index in [0.717, 1.165) is 27.8 Å². The quantitative estimate of drug-likeness (QED) is 0.720. The van der Waals surface area contributed by atoms with Crippen LogP contribution in [0.15, 0.2) is 48.7 Å². The maximum atomic E-state index is 9.76. The van der Waals surface area contributed by atoms with E-state index in [4.69, 9.17) is 11.6 Å². The number of pyridine rings is 1. The first kappa shape index (κ1) is 12.8. The smallest absolute Gasteiger partial charge is 0.120 e. The highest BCUT2D eigenvalue weighted by Gasteiger charge is 2.04. The number of hydrogen-bond acceptors (Lipinski definition) is 3. The lowest BCUT2D eigenvalue weighted by Gasteiger charge is -2.10.